The molecule has 0 spiro atoms. The fourth-order valence-electron chi connectivity index (χ4n) is 3.10. The highest BCUT2D eigenvalue weighted by Crippen LogP contribution is 2.45. The molecule has 28 heavy (non-hydrogen) atoms. The van der Waals surface area contributed by atoms with Crippen molar-refractivity contribution in [3.63, 3.8) is 0 Å². The van der Waals surface area contributed by atoms with Crippen molar-refractivity contribution < 1.29 is 9.50 Å². The summed E-state index contributed by atoms with van der Waals surface area (Å²) in [5.41, 5.74) is 1.70. The summed E-state index contributed by atoms with van der Waals surface area (Å²) in [5, 5.41) is 10.5. The first-order valence-electron chi connectivity index (χ1n) is 8.55. The number of aromatic nitrogens is 2. The van der Waals surface area contributed by atoms with Crippen LogP contribution in [0.3, 0.4) is 0 Å². The second kappa shape index (κ2) is 7.37. The summed E-state index contributed by atoms with van der Waals surface area (Å²) < 4.78 is 14.8. The number of hydrogen-bond donors (Lipinski definition) is 2. The largest absolute Gasteiger partial charge is 0.494 e. The third kappa shape index (κ3) is 3.41. The zero-order chi connectivity index (χ0) is 19.8. The van der Waals surface area contributed by atoms with Crippen molar-refractivity contribution >= 4 is 35.4 Å². The second-order valence-corrected chi connectivity index (χ2v) is 8.04. The lowest BCUT2D eigenvalue weighted by molar-refractivity contribution is 0.419. The number of aromatic amines is 1. The van der Waals surface area contributed by atoms with Gasteiger partial charge in [0.05, 0.1) is 11.4 Å². The van der Waals surface area contributed by atoms with Crippen LogP contribution in [0.15, 0.2) is 63.2 Å². The molecule has 0 bridgehead atoms. The van der Waals surface area contributed by atoms with Crippen molar-refractivity contribution in [1.29, 1.82) is 0 Å². The Hall–Kier alpha value is -2.71. The molecule has 1 unspecified atom stereocenters. The highest BCUT2D eigenvalue weighted by atomic mass is 32.2. The Labute approximate surface area is 169 Å². The third-order valence-electron chi connectivity index (χ3n) is 4.59. The third-order valence-corrected chi connectivity index (χ3v) is 6.29. The monoisotopic (exact) mass is 413 g/mol. The molecule has 5 nitrogen and oxygen atoms in total. The number of nitrogens with one attached hydrogen (secondary N) is 1. The summed E-state index contributed by atoms with van der Waals surface area (Å²) in [4.78, 5) is 20.8. The van der Waals surface area contributed by atoms with Gasteiger partial charge in [0.1, 0.15) is 11.4 Å². The lowest BCUT2D eigenvalue weighted by Gasteiger charge is -2.16. The number of H-pyrrole nitrogens is 1. The van der Waals surface area contributed by atoms with Crippen molar-refractivity contribution in [2.75, 3.05) is 0 Å². The molecule has 4 rings (SSSR count). The number of nitrogens with zero attached hydrogens (tertiary/aromatic N) is 2. The Morgan fingerprint density at radius 1 is 1.25 bits per heavy atom. The summed E-state index contributed by atoms with van der Waals surface area (Å²) in [7, 11) is 1.58. The number of benzene rings is 2. The zero-order valence-corrected chi connectivity index (χ0v) is 16.5. The SMILES string of the molecule is Cn1c(O)c(C2=Nc3ccccc3SC(c3ccc(F)cc3)C2)c(=O)[nH]c1=S. The number of aromatic hydroxyl groups is 1. The molecule has 0 aliphatic carbocycles. The van der Waals surface area contributed by atoms with Gasteiger partial charge in [-0.15, -0.1) is 11.8 Å². The highest BCUT2D eigenvalue weighted by molar-refractivity contribution is 7.99. The van der Waals surface area contributed by atoms with Gasteiger partial charge in [-0.25, -0.2) is 4.39 Å². The molecule has 2 aromatic carbocycles. The molecule has 2 N–H and O–H groups in total. The lowest BCUT2D eigenvalue weighted by atomic mass is 10.0. The number of aliphatic imine (C=N–C) groups is 1. The number of para-hydroxylation sites is 1. The Morgan fingerprint density at radius 2 is 1.96 bits per heavy atom. The molecular formula is C20H16FN3O2S2. The molecule has 1 aliphatic heterocycles. The molecule has 8 heteroatoms. The van der Waals surface area contributed by atoms with Gasteiger partial charge in [0, 0.05) is 23.6 Å². The van der Waals surface area contributed by atoms with Crippen LogP contribution in [0.5, 0.6) is 5.88 Å². The van der Waals surface area contributed by atoms with E-state index in [0.717, 1.165) is 16.1 Å². The molecule has 2 heterocycles. The molecule has 3 aromatic rings. The molecule has 0 amide bonds. The van der Waals surface area contributed by atoms with Crippen LogP contribution in [0, 0.1) is 10.6 Å². The van der Waals surface area contributed by atoms with Crippen LogP contribution in [-0.4, -0.2) is 20.4 Å². The Morgan fingerprint density at radius 3 is 2.71 bits per heavy atom. The van der Waals surface area contributed by atoms with E-state index in [4.69, 9.17) is 12.2 Å². The van der Waals surface area contributed by atoms with E-state index in [-0.39, 0.29) is 27.3 Å². The first-order valence-corrected chi connectivity index (χ1v) is 9.84. The minimum atomic E-state index is -0.485. The summed E-state index contributed by atoms with van der Waals surface area (Å²) in [6.45, 7) is 0. The quantitative estimate of drug-likeness (QED) is 0.600. The summed E-state index contributed by atoms with van der Waals surface area (Å²) in [5.74, 6) is -0.534. The fourth-order valence-corrected chi connectivity index (χ4v) is 4.51. The summed E-state index contributed by atoms with van der Waals surface area (Å²) >= 11 is 6.65. The molecule has 0 saturated heterocycles. The maximum atomic E-state index is 13.4. The summed E-state index contributed by atoms with van der Waals surface area (Å²) in [6.07, 6.45) is 0.387. The van der Waals surface area contributed by atoms with E-state index in [0.29, 0.717) is 12.1 Å². The highest BCUT2D eigenvalue weighted by Gasteiger charge is 2.26. The van der Waals surface area contributed by atoms with Crippen LogP contribution in [0.1, 0.15) is 22.8 Å². The molecule has 1 aromatic heterocycles. The predicted molar refractivity (Wildman–Crippen MR) is 111 cm³/mol. The van der Waals surface area contributed by atoms with Gasteiger partial charge >= 0.3 is 0 Å². The topological polar surface area (TPSA) is 70.4 Å². The van der Waals surface area contributed by atoms with Crippen LogP contribution >= 0.6 is 24.0 Å². The Kier molecular flexibility index (Phi) is 4.91. The summed E-state index contributed by atoms with van der Waals surface area (Å²) in [6, 6.07) is 13.9. The molecule has 142 valence electrons. The molecular weight excluding hydrogens is 397 g/mol. The van der Waals surface area contributed by atoms with Crippen molar-refractivity contribution in [1.82, 2.24) is 9.55 Å². The molecule has 1 atom stereocenters. The van der Waals surface area contributed by atoms with Gasteiger partial charge in [0.15, 0.2) is 4.77 Å². The fraction of sp³-hybridized carbons (Fsp3) is 0.150. The average molecular weight is 413 g/mol. The van der Waals surface area contributed by atoms with Crippen molar-refractivity contribution in [3.05, 3.63) is 80.6 Å². The minimum Gasteiger partial charge on any atom is -0.494 e. The number of fused-ring (bicyclic) bond motifs is 1. The van der Waals surface area contributed by atoms with Crippen LogP contribution in [0.4, 0.5) is 10.1 Å². The first-order chi connectivity index (χ1) is 13.4. The lowest BCUT2D eigenvalue weighted by Crippen LogP contribution is -2.23. The van der Waals surface area contributed by atoms with Gasteiger partial charge in [0.2, 0.25) is 5.88 Å². The van der Waals surface area contributed by atoms with Crippen LogP contribution in [0.2, 0.25) is 0 Å². The van der Waals surface area contributed by atoms with E-state index < -0.39 is 5.56 Å². The molecule has 0 saturated carbocycles. The van der Waals surface area contributed by atoms with E-state index in [2.05, 4.69) is 9.98 Å². The van der Waals surface area contributed by atoms with Gasteiger partial charge in [-0.1, -0.05) is 24.3 Å². The van der Waals surface area contributed by atoms with E-state index in [1.165, 1.54) is 16.7 Å². The van der Waals surface area contributed by atoms with Gasteiger partial charge in [-0.2, -0.15) is 0 Å². The minimum absolute atomic E-state index is 0.0977. The number of rotatable bonds is 2. The number of thioether (sulfide) groups is 1. The number of halogens is 1. The average Bonchev–Trinajstić information content (AvgIpc) is 2.86. The Balaban J connectivity index is 1.90. The Bertz CT molecular complexity index is 1200. The zero-order valence-electron chi connectivity index (χ0n) is 14.8. The van der Waals surface area contributed by atoms with E-state index >= 15 is 0 Å². The van der Waals surface area contributed by atoms with Gasteiger partial charge in [-0.3, -0.25) is 19.3 Å². The smallest absolute Gasteiger partial charge is 0.264 e. The van der Waals surface area contributed by atoms with E-state index in [1.54, 1.807) is 30.9 Å². The van der Waals surface area contributed by atoms with Crippen LogP contribution in [0.25, 0.3) is 0 Å². The van der Waals surface area contributed by atoms with Gasteiger partial charge in [-0.05, 0) is 42.0 Å². The second-order valence-electron chi connectivity index (χ2n) is 6.41. The maximum absolute atomic E-state index is 13.4. The normalized spacial score (nSPS) is 16.2. The van der Waals surface area contributed by atoms with Gasteiger partial charge in [0.25, 0.3) is 5.56 Å². The molecule has 0 radical (unpaired) electrons. The predicted octanol–water partition coefficient (Wildman–Crippen LogP) is 4.65. The number of hydrogen-bond acceptors (Lipinski definition) is 5. The van der Waals surface area contributed by atoms with Crippen molar-refractivity contribution in [3.8, 4) is 5.88 Å². The van der Waals surface area contributed by atoms with Crippen LogP contribution < -0.4 is 5.56 Å². The molecule has 0 fully saturated rings. The van der Waals surface area contributed by atoms with E-state index in [9.17, 15) is 14.3 Å². The van der Waals surface area contributed by atoms with Gasteiger partial charge < -0.3 is 5.11 Å². The maximum Gasteiger partial charge on any atom is 0.264 e. The standard InChI is InChI=1S/C20H16FN3O2S2/c1-24-19(26)17(18(25)23-20(24)27)14-10-16(11-6-8-12(21)9-7-11)28-15-5-3-2-4-13(15)22-14/h2-9,16,26H,10H2,1H3,(H,23,25,27). The van der Waals surface area contributed by atoms with Crippen molar-refractivity contribution in [2.45, 2.75) is 16.6 Å². The van der Waals surface area contributed by atoms with E-state index in [1.807, 2.05) is 24.3 Å². The van der Waals surface area contributed by atoms with Crippen molar-refractivity contribution in [2.24, 2.45) is 12.0 Å². The first kappa shape index (κ1) is 18.6. The molecule has 1 aliphatic rings. The van der Waals surface area contributed by atoms with Crippen LogP contribution in [-0.2, 0) is 7.05 Å².